The van der Waals surface area contributed by atoms with Gasteiger partial charge in [0.05, 0.1) is 19.3 Å². The molecule has 1 heterocycles. The number of morpholine rings is 1. The van der Waals surface area contributed by atoms with Crippen molar-refractivity contribution in [3.63, 3.8) is 0 Å². The number of aliphatic hydroxyl groups is 1. The molecule has 0 saturated carbocycles. The van der Waals surface area contributed by atoms with Crippen LogP contribution < -0.4 is 5.73 Å². The Morgan fingerprint density at radius 3 is 2.79 bits per heavy atom. The number of nitrogens with zero attached hydrogens (tertiary/aromatic N) is 1. The van der Waals surface area contributed by atoms with Crippen LogP contribution in [-0.2, 0) is 11.3 Å². The van der Waals surface area contributed by atoms with Crippen molar-refractivity contribution in [2.75, 3.05) is 26.3 Å². The maximum Gasteiger partial charge on any atom is 0.0917 e. The fraction of sp³-hybridized carbons (Fsp3) is 0.600. The molecule has 4 heteroatoms. The van der Waals surface area contributed by atoms with Crippen LogP contribution in [0.5, 0.6) is 0 Å². The zero-order valence-corrected chi connectivity index (χ0v) is 11.6. The van der Waals surface area contributed by atoms with E-state index in [0.717, 1.165) is 37.3 Å². The predicted octanol–water partition coefficient (Wildman–Crippen LogP) is 1.29. The molecule has 2 rings (SSSR count). The van der Waals surface area contributed by atoms with Crippen LogP contribution in [0.1, 0.15) is 30.6 Å². The Hall–Kier alpha value is -0.940. The number of nitrogens with two attached hydrogens (primary N) is 1. The minimum Gasteiger partial charge on any atom is -0.387 e. The van der Waals surface area contributed by atoms with E-state index in [9.17, 15) is 5.11 Å². The molecule has 0 spiro atoms. The second-order valence-corrected chi connectivity index (χ2v) is 5.09. The molecular weight excluding hydrogens is 240 g/mol. The first-order chi connectivity index (χ1) is 9.24. The molecular formula is C15H24N2O2. The molecule has 2 unspecified atom stereocenters. The molecule has 0 radical (unpaired) electrons. The minimum absolute atomic E-state index is 0.423. The minimum atomic E-state index is -0.445. The van der Waals surface area contributed by atoms with E-state index in [4.69, 9.17) is 10.5 Å². The molecule has 2 atom stereocenters. The highest BCUT2D eigenvalue weighted by molar-refractivity contribution is 5.24. The first-order valence-electron chi connectivity index (χ1n) is 7.03. The summed E-state index contributed by atoms with van der Waals surface area (Å²) < 4.78 is 5.48. The standard InChI is InChI=1S/C15H24N2O2/c1-2-14-11-19-8-7-17(14)10-15(18)13-5-3-12(9-16)4-6-13/h3-6,14-15,18H,2,7-11,16H2,1H3. The molecule has 106 valence electrons. The molecule has 1 aromatic rings. The maximum atomic E-state index is 10.3. The number of ether oxygens (including phenoxy) is 1. The van der Waals surface area contributed by atoms with Crippen molar-refractivity contribution < 1.29 is 9.84 Å². The number of rotatable bonds is 5. The summed E-state index contributed by atoms with van der Waals surface area (Å²) in [4.78, 5) is 2.32. The van der Waals surface area contributed by atoms with Gasteiger partial charge >= 0.3 is 0 Å². The normalized spacial score (nSPS) is 22.4. The van der Waals surface area contributed by atoms with Crippen molar-refractivity contribution in [1.82, 2.24) is 4.90 Å². The van der Waals surface area contributed by atoms with Crippen LogP contribution >= 0.6 is 0 Å². The van der Waals surface area contributed by atoms with Crippen LogP contribution in [0.15, 0.2) is 24.3 Å². The van der Waals surface area contributed by atoms with Crippen LogP contribution in [0, 0.1) is 0 Å². The van der Waals surface area contributed by atoms with E-state index in [1.807, 2.05) is 24.3 Å². The topological polar surface area (TPSA) is 58.7 Å². The predicted molar refractivity (Wildman–Crippen MR) is 75.8 cm³/mol. The second kappa shape index (κ2) is 7.01. The largest absolute Gasteiger partial charge is 0.387 e. The lowest BCUT2D eigenvalue weighted by molar-refractivity contribution is -0.0277. The monoisotopic (exact) mass is 264 g/mol. The lowest BCUT2D eigenvalue weighted by atomic mass is 10.0. The second-order valence-electron chi connectivity index (χ2n) is 5.09. The molecule has 0 aromatic heterocycles. The molecule has 0 amide bonds. The van der Waals surface area contributed by atoms with Crippen molar-refractivity contribution >= 4 is 0 Å². The van der Waals surface area contributed by atoms with Gasteiger partial charge in [0.15, 0.2) is 0 Å². The molecule has 1 aromatic carbocycles. The van der Waals surface area contributed by atoms with E-state index in [0.29, 0.717) is 19.1 Å². The van der Waals surface area contributed by atoms with Crippen molar-refractivity contribution in [2.24, 2.45) is 5.73 Å². The van der Waals surface area contributed by atoms with Gasteiger partial charge in [-0.15, -0.1) is 0 Å². The number of β-amino-alcohol motifs (C(OH)–C–C–N with tert-alkyl or cyclic N) is 1. The zero-order chi connectivity index (χ0) is 13.7. The molecule has 19 heavy (non-hydrogen) atoms. The highest BCUT2D eigenvalue weighted by Gasteiger charge is 2.23. The first kappa shape index (κ1) is 14.5. The van der Waals surface area contributed by atoms with Crippen molar-refractivity contribution in [2.45, 2.75) is 32.0 Å². The molecule has 1 aliphatic heterocycles. The van der Waals surface area contributed by atoms with Gasteiger partial charge in [-0.2, -0.15) is 0 Å². The van der Waals surface area contributed by atoms with E-state index in [-0.39, 0.29) is 0 Å². The summed E-state index contributed by atoms with van der Waals surface area (Å²) in [6.45, 7) is 5.80. The third kappa shape index (κ3) is 3.76. The van der Waals surface area contributed by atoms with Gasteiger partial charge in [-0.1, -0.05) is 31.2 Å². The Morgan fingerprint density at radius 1 is 1.42 bits per heavy atom. The van der Waals surface area contributed by atoms with Gasteiger partial charge in [0.2, 0.25) is 0 Å². The summed E-state index contributed by atoms with van der Waals surface area (Å²) in [5, 5.41) is 10.3. The maximum absolute atomic E-state index is 10.3. The van der Waals surface area contributed by atoms with E-state index in [1.54, 1.807) is 0 Å². The summed E-state index contributed by atoms with van der Waals surface area (Å²) >= 11 is 0. The fourth-order valence-corrected chi connectivity index (χ4v) is 2.51. The van der Waals surface area contributed by atoms with Crippen LogP contribution in [0.3, 0.4) is 0 Å². The third-order valence-electron chi connectivity index (χ3n) is 3.83. The summed E-state index contributed by atoms with van der Waals surface area (Å²) in [5.74, 6) is 0. The SMILES string of the molecule is CCC1COCCN1CC(O)c1ccc(CN)cc1. The van der Waals surface area contributed by atoms with Crippen LogP contribution in [0.2, 0.25) is 0 Å². The van der Waals surface area contributed by atoms with Gasteiger partial charge in [-0.05, 0) is 17.5 Å². The molecule has 3 N–H and O–H groups in total. The van der Waals surface area contributed by atoms with Gasteiger partial charge in [0, 0.05) is 25.7 Å². The highest BCUT2D eigenvalue weighted by atomic mass is 16.5. The van der Waals surface area contributed by atoms with Crippen molar-refractivity contribution in [3.8, 4) is 0 Å². The molecule has 0 bridgehead atoms. The quantitative estimate of drug-likeness (QED) is 0.841. The number of hydrogen-bond donors (Lipinski definition) is 2. The average Bonchev–Trinajstić information content (AvgIpc) is 2.48. The third-order valence-corrected chi connectivity index (χ3v) is 3.83. The lowest BCUT2D eigenvalue weighted by Gasteiger charge is -2.36. The van der Waals surface area contributed by atoms with Gasteiger partial charge in [0.1, 0.15) is 0 Å². The van der Waals surface area contributed by atoms with E-state index < -0.39 is 6.10 Å². The van der Waals surface area contributed by atoms with E-state index >= 15 is 0 Å². The molecule has 1 saturated heterocycles. The number of aliphatic hydroxyl groups excluding tert-OH is 1. The smallest absolute Gasteiger partial charge is 0.0917 e. The average molecular weight is 264 g/mol. The number of benzene rings is 1. The summed E-state index contributed by atoms with van der Waals surface area (Å²) in [6, 6.07) is 8.32. The van der Waals surface area contributed by atoms with Crippen LogP contribution in [-0.4, -0.2) is 42.4 Å². The molecule has 4 nitrogen and oxygen atoms in total. The van der Waals surface area contributed by atoms with Gasteiger partial charge in [0.25, 0.3) is 0 Å². The first-order valence-corrected chi connectivity index (χ1v) is 7.03. The van der Waals surface area contributed by atoms with Gasteiger partial charge < -0.3 is 15.6 Å². The Balaban J connectivity index is 1.96. The van der Waals surface area contributed by atoms with E-state index in [2.05, 4.69) is 11.8 Å². The van der Waals surface area contributed by atoms with Gasteiger partial charge in [-0.3, -0.25) is 4.90 Å². The Labute approximate surface area is 115 Å². The lowest BCUT2D eigenvalue weighted by Crippen LogP contribution is -2.46. The Bertz CT molecular complexity index is 380. The summed E-state index contributed by atoms with van der Waals surface area (Å²) in [6.07, 6.45) is 0.609. The summed E-state index contributed by atoms with van der Waals surface area (Å²) in [7, 11) is 0. The highest BCUT2D eigenvalue weighted by Crippen LogP contribution is 2.19. The molecule has 1 fully saturated rings. The molecule has 1 aliphatic rings. The van der Waals surface area contributed by atoms with Crippen LogP contribution in [0.25, 0.3) is 0 Å². The van der Waals surface area contributed by atoms with E-state index in [1.165, 1.54) is 0 Å². The number of hydrogen-bond acceptors (Lipinski definition) is 4. The van der Waals surface area contributed by atoms with Crippen LogP contribution in [0.4, 0.5) is 0 Å². The Kier molecular flexibility index (Phi) is 5.34. The van der Waals surface area contributed by atoms with Crippen molar-refractivity contribution in [3.05, 3.63) is 35.4 Å². The summed E-state index contributed by atoms with van der Waals surface area (Å²) in [5.41, 5.74) is 7.63. The molecule has 0 aliphatic carbocycles. The van der Waals surface area contributed by atoms with Crippen molar-refractivity contribution in [1.29, 1.82) is 0 Å². The van der Waals surface area contributed by atoms with Gasteiger partial charge in [-0.25, -0.2) is 0 Å². The Morgan fingerprint density at radius 2 is 2.16 bits per heavy atom. The fourth-order valence-electron chi connectivity index (χ4n) is 2.51. The zero-order valence-electron chi connectivity index (χ0n) is 11.6.